The number of rotatable bonds is 1. The van der Waals surface area contributed by atoms with Crippen LogP contribution in [0.15, 0.2) is 40.9 Å². The lowest BCUT2D eigenvalue weighted by molar-refractivity contribution is 0.0925. The van der Waals surface area contributed by atoms with Gasteiger partial charge in [-0.25, -0.2) is 9.29 Å². The molecule has 3 rings (SSSR count). The van der Waals surface area contributed by atoms with Crippen LogP contribution >= 0.6 is 27.5 Å². The smallest absolute Gasteiger partial charge is 0.266 e. The van der Waals surface area contributed by atoms with Gasteiger partial charge in [-0.05, 0) is 24.3 Å². The Morgan fingerprint density at radius 1 is 1.05 bits per heavy atom. The third-order valence-electron chi connectivity index (χ3n) is 3.00. The standard InChI is InChI=1S/C14H6BrClFNO2/c15-7-5-10(16)12(11(17)6-7)18-13(19)8-3-1-2-4-9(8)14(18)20/h1-6H. The molecular weight excluding hydrogens is 349 g/mol. The molecule has 2 aromatic carbocycles. The predicted molar refractivity (Wildman–Crippen MR) is 76.7 cm³/mol. The Kier molecular flexibility index (Phi) is 3.11. The monoisotopic (exact) mass is 353 g/mol. The van der Waals surface area contributed by atoms with Crippen molar-refractivity contribution in [2.45, 2.75) is 0 Å². The van der Waals surface area contributed by atoms with Gasteiger partial charge in [0, 0.05) is 4.47 Å². The zero-order valence-corrected chi connectivity index (χ0v) is 12.2. The van der Waals surface area contributed by atoms with E-state index >= 15 is 0 Å². The Bertz CT molecular complexity index is 705. The Morgan fingerprint density at radius 3 is 2.10 bits per heavy atom. The number of halogens is 3. The SMILES string of the molecule is O=C1c2ccccc2C(=O)N1c1c(F)cc(Br)cc1Cl. The van der Waals surface area contributed by atoms with Crippen LogP contribution in [0, 0.1) is 5.82 Å². The van der Waals surface area contributed by atoms with Gasteiger partial charge in [-0.1, -0.05) is 39.7 Å². The van der Waals surface area contributed by atoms with E-state index in [-0.39, 0.29) is 21.8 Å². The van der Waals surface area contributed by atoms with Crippen LogP contribution < -0.4 is 4.90 Å². The molecule has 20 heavy (non-hydrogen) atoms. The van der Waals surface area contributed by atoms with Crippen molar-refractivity contribution in [2.24, 2.45) is 0 Å². The second-order valence-electron chi connectivity index (χ2n) is 4.21. The van der Waals surface area contributed by atoms with E-state index in [0.717, 1.165) is 11.0 Å². The van der Waals surface area contributed by atoms with Gasteiger partial charge in [-0.2, -0.15) is 0 Å². The highest BCUT2D eigenvalue weighted by molar-refractivity contribution is 9.10. The molecule has 6 heteroatoms. The number of fused-ring (bicyclic) bond motifs is 1. The molecule has 1 aliphatic rings. The molecule has 0 saturated heterocycles. The average Bonchev–Trinajstić information content (AvgIpc) is 2.64. The lowest BCUT2D eigenvalue weighted by atomic mass is 10.1. The molecular formula is C14H6BrClFNO2. The zero-order valence-electron chi connectivity index (χ0n) is 9.86. The summed E-state index contributed by atoms with van der Waals surface area (Å²) in [5.41, 5.74) is 0.271. The molecule has 0 atom stereocenters. The number of imide groups is 1. The van der Waals surface area contributed by atoms with Gasteiger partial charge in [0.15, 0.2) is 0 Å². The molecule has 0 spiro atoms. The molecule has 0 radical (unpaired) electrons. The van der Waals surface area contributed by atoms with Crippen molar-refractivity contribution >= 4 is 45.0 Å². The van der Waals surface area contributed by atoms with E-state index in [1.165, 1.54) is 18.2 Å². The summed E-state index contributed by atoms with van der Waals surface area (Å²) < 4.78 is 14.5. The van der Waals surface area contributed by atoms with Crippen LogP contribution in [-0.4, -0.2) is 11.8 Å². The molecule has 1 heterocycles. The number of anilines is 1. The predicted octanol–water partition coefficient (Wildman–Crippen LogP) is 4.04. The second-order valence-corrected chi connectivity index (χ2v) is 5.53. The van der Waals surface area contributed by atoms with Gasteiger partial charge < -0.3 is 0 Å². The first-order valence-corrected chi connectivity index (χ1v) is 6.80. The lowest BCUT2D eigenvalue weighted by Crippen LogP contribution is -2.30. The summed E-state index contributed by atoms with van der Waals surface area (Å²) in [4.78, 5) is 25.3. The molecule has 2 amide bonds. The molecule has 100 valence electrons. The van der Waals surface area contributed by atoms with Crippen molar-refractivity contribution in [3.8, 4) is 0 Å². The van der Waals surface area contributed by atoms with Crippen molar-refractivity contribution in [1.82, 2.24) is 0 Å². The maximum Gasteiger partial charge on any atom is 0.266 e. The minimum Gasteiger partial charge on any atom is -0.268 e. The van der Waals surface area contributed by atoms with Gasteiger partial charge in [-0.15, -0.1) is 0 Å². The lowest BCUT2D eigenvalue weighted by Gasteiger charge is -2.16. The maximum absolute atomic E-state index is 14.1. The van der Waals surface area contributed by atoms with E-state index in [1.54, 1.807) is 12.1 Å². The summed E-state index contributed by atoms with van der Waals surface area (Å²) in [6, 6.07) is 8.94. The number of benzene rings is 2. The Balaban J connectivity index is 2.19. The van der Waals surface area contributed by atoms with Gasteiger partial charge in [-0.3, -0.25) is 9.59 Å². The van der Waals surface area contributed by atoms with Gasteiger partial charge in [0.1, 0.15) is 11.5 Å². The van der Waals surface area contributed by atoms with E-state index in [2.05, 4.69) is 15.9 Å². The van der Waals surface area contributed by atoms with Crippen LogP contribution in [-0.2, 0) is 0 Å². The third-order valence-corrected chi connectivity index (χ3v) is 3.75. The Labute approximate surface area is 127 Å². The first-order valence-electron chi connectivity index (χ1n) is 5.63. The van der Waals surface area contributed by atoms with Gasteiger partial charge in [0.05, 0.1) is 16.1 Å². The van der Waals surface area contributed by atoms with Gasteiger partial charge in [0.25, 0.3) is 11.8 Å². The number of carbonyl (C=O) groups excluding carboxylic acids is 2. The van der Waals surface area contributed by atoms with E-state index < -0.39 is 17.6 Å². The minimum atomic E-state index is -0.737. The first-order chi connectivity index (χ1) is 9.50. The van der Waals surface area contributed by atoms with Gasteiger partial charge >= 0.3 is 0 Å². The molecule has 1 aliphatic heterocycles. The van der Waals surface area contributed by atoms with Crippen molar-refractivity contribution in [3.05, 3.63) is 62.8 Å². The highest BCUT2D eigenvalue weighted by Gasteiger charge is 2.38. The summed E-state index contributed by atoms with van der Waals surface area (Å²) >= 11 is 9.07. The molecule has 0 aliphatic carbocycles. The maximum atomic E-state index is 14.1. The normalized spacial score (nSPS) is 13.8. The number of amides is 2. The van der Waals surface area contributed by atoms with Crippen LogP contribution in [0.4, 0.5) is 10.1 Å². The topological polar surface area (TPSA) is 37.4 Å². The molecule has 0 N–H and O–H groups in total. The average molecular weight is 355 g/mol. The fourth-order valence-electron chi connectivity index (χ4n) is 2.14. The Hall–Kier alpha value is -1.72. The molecule has 0 aromatic heterocycles. The fraction of sp³-hybridized carbons (Fsp3) is 0. The molecule has 2 aromatic rings. The number of hydrogen-bond acceptors (Lipinski definition) is 2. The number of hydrogen-bond donors (Lipinski definition) is 0. The molecule has 3 nitrogen and oxygen atoms in total. The van der Waals surface area contributed by atoms with Crippen molar-refractivity contribution in [2.75, 3.05) is 4.90 Å². The Morgan fingerprint density at radius 2 is 1.60 bits per heavy atom. The summed E-state index contributed by atoms with van der Waals surface area (Å²) in [6.45, 7) is 0. The van der Waals surface area contributed by atoms with E-state index in [0.29, 0.717) is 4.47 Å². The van der Waals surface area contributed by atoms with Crippen molar-refractivity contribution in [3.63, 3.8) is 0 Å². The summed E-state index contributed by atoms with van der Waals surface area (Å²) in [5, 5.41) is -0.00798. The number of nitrogens with zero attached hydrogens (tertiary/aromatic N) is 1. The largest absolute Gasteiger partial charge is 0.268 e. The summed E-state index contributed by atoms with van der Waals surface area (Å²) in [6.07, 6.45) is 0. The highest BCUT2D eigenvalue weighted by Crippen LogP contribution is 2.37. The quantitative estimate of drug-likeness (QED) is 0.725. The highest BCUT2D eigenvalue weighted by atomic mass is 79.9. The van der Waals surface area contributed by atoms with Crippen molar-refractivity contribution in [1.29, 1.82) is 0 Å². The van der Waals surface area contributed by atoms with Crippen LogP contribution in [0.2, 0.25) is 5.02 Å². The van der Waals surface area contributed by atoms with Crippen LogP contribution in [0.5, 0.6) is 0 Å². The molecule has 0 unspecified atom stereocenters. The zero-order chi connectivity index (χ0) is 14.4. The first kappa shape index (κ1) is 13.3. The third kappa shape index (κ3) is 1.85. The summed E-state index contributed by atoms with van der Waals surface area (Å²) in [5.74, 6) is -1.89. The van der Waals surface area contributed by atoms with Gasteiger partial charge in [0.2, 0.25) is 0 Å². The molecule has 0 saturated carbocycles. The van der Waals surface area contributed by atoms with Crippen LogP contribution in [0.3, 0.4) is 0 Å². The van der Waals surface area contributed by atoms with E-state index in [1.807, 2.05) is 0 Å². The fourth-order valence-corrected chi connectivity index (χ4v) is 2.99. The minimum absolute atomic E-state index is 0.00798. The van der Waals surface area contributed by atoms with E-state index in [4.69, 9.17) is 11.6 Å². The summed E-state index contributed by atoms with van der Waals surface area (Å²) in [7, 11) is 0. The van der Waals surface area contributed by atoms with Crippen LogP contribution in [0.1, 0.15) is 20.7 Å². The molecule has 0 bridgehead atoms. The van der Waals surface area contributed by atoms with Crippen LogP contribution in [0.25, 0.3) is 0 Å². The van der Waals surface area contributed by atoms with Crippen molar-refractivity contribution < 1.29 is 14.0 Å². The second kappa shape index (κ2) is 4.68. The molecule has 0 fully saturated rings. The van der Waals surface area contributed by atoms with E-state index in [9.17, 15) is 14.0 Å². The number of carbonyl (C=O) groups is 2.